The van der Waals surface area contributed by atoms with E-state index in [2.05, 4.69) is 107 Å². The van der Waals surface area contributed by atoms with Gasteiger partial charge in [-0.3, -0.25) is 0 Å². The van der Waals surface area contributed by atoms with Crippen molar-refractivity contribution in [2.75, 3.05) is 28.4 Å². The van der Waals surface area contributed by atoms with Crippen LogP contribution in [0.5, 0.6) is 23.0 Å². The van der Waals surface area contributed by atoms with Crippen LogP contribution in [-0.4, -0.2) is 48.4 Å². The Labute approximate surface area is 357 Å². The summed E-state index contributed by atoms with van der Waals surface area (Å²) in [5.74, 6) is 3.12. The molecule has 0 amide bonds. The van der Waals surface area contributed by atoms with E-state index < -0.39 is 0 Å². The SMILES string of the molecule is COc1ccc(-c2c3nc(c(-c4ccc(OC)cc4)c4ccc([nH]4)c(-c4ccc(OC)cc4)c4nc(c(-c5ccc(OC)cc5)c5ccc2[nH]5)C=C4)C=C3)cc1.[Co+2].[Co+2]. The number of nitrogens with zero attached hydrogens (tertiary/aromatic N) is 2. The van der Waals surface area contributed by atoms with Gasteiger partial charge in [0.1, 0.15) is 23.0 Å². The average Bonchev–Trinajstić information content (AvgIpc) is 4.10. The number of nitrogens with one attached hydrogen (secondary N) is 2. The third-order valence-electron chi connectivity index (χ3n) is 10.3. The number of aromatic nitrogens is 4. The summed E-state index contributed by atoms with van der Waals surface area (Å²) in [5, 5.41) is 0. The van der Waals surface area contributed by atoms with Crippen LogP contribution in [0.3, 0.4) is 0 Å². The van der Waals surface area contributed by atoms with Gasteiger partial charge in [-0.2, -0.15) is 0 Å². The molecule has 2 aliphatic heterocycles. The second-order valence-electron chi connectivity index (χ2n) is 13.4. The minimum atomic E-state index is 0. The molecule has 10 heteroatoms. The first-order valence-corrected chi connectivity index (χ1v) is 18.3. The molecule has 9 rings (SSSR count). The van der Waals surface area contributed by atoms with Crippen molar-refractivity contribution < 1.29 is 52.5 Å². The molecule has 0 spiro atoms. The summed E-state index contributed by atoms with van der Waals surface area (Å²) in [6.45, 7) is 0. The second kappa shape index (κ2) is 17.0. The van der Waals surface area contributed by atoms with Gasteiger partial charge < -0.3 is 28.9 Å². The summed E-state index contributed by atoms with van der Waals surface area (Å²) in [7, 11) is 6.71. The average molecular weight is 853 g/mol. The molecule has 0 atom stereocenters. The van der Waals surface area contributed by atoms with Crippen LogP contribution >= 0.6 is 0 Å². The van der Waals surface area contributed by atoms with Crippen molar-refractivity contribution in [3.8, 4) is 67.5 Å². The van der Waals surface area contributed by atoms with Crippen LogP contribution in [0.4, 0.5) is 0 Å². The Bertz CT molecular complexity index is 2440. The predicted molar refractivity (Wildman–Crippen MR) is 227 cm³/mol. The molecule has 8 nitrogen and oxygen atoms in total. The third-order valence-corrected chi connectivity index (χ3v) is 10.3. The number of fused-ring (bicyclic) bond motifs is 8. The molecule has 0 unspecified atom stereocenters. The molecule has 2 radical (unpaired) electrons. The Balaban J connectivity index is 0.00000256. The van der Waals surface area contributed by atoms with Crippen LogP contribution in [0, 0.1) is 0 Å². The van der Waals surface area contributed by atoms with E-state index in [9.17, 15) is 0 Å². The molecule has 8 bridgehead atoms. The van der Waals surface area contributed by atoms with Crippen LogP contribution in [-0.2, 0) is 33.6 Å². The van der Waals surface area contributed by atoms with Crippen LogP contribution in [0.25, 0.3) is 90.9 Å². The van der Waals surface area contributed by atoms with Crippen molar-refractivity contribution in [1.29, 1.82) is 0 Å². The van der Waals surface area contributed by atoms with E-state index in [1.54, 1.807) is 28.4 Å². The smallest absolute Gasteiger partial charge is 0.497 e. The molecule has 0 saturated heterocycles. The van der Waals surface area contributed by atoms with Crippen molar-refractivity contribution in [3.05, 3.63) is 144 Å². The zero-order valence-electron chi connectivity index (χ0n) is 32.1. The molecule has 0 fully saturated rings. The first-order valence-electron chi connectivity index (χ1n) is 18.3. The van der Waals surface area contributed by atoms with Gasteiger partial charge in [-0.25, -0.2) is 9.97 Å². The number of hydrogen-bond acceptors (Lipinski definition) is 6. The van der Waals surface area contributed by atoms with Crippen molar-refractivity contribution in [2.45, 2.75) is 0 Å². The van der Waals surface area contributed by atoms with E-state index in [-0.39, 0.29) is 33.6 Å². The number of methoxy groups -OCH3 is 4. The van der Waals surface area contributed by atoms with Crippen LogP contribution < -0.4 is 18.9 Å². The van der Waals surface area contributed by atoms with Gasteiger partial charge in [-0.15, -0.1) is 0 Å². The van der Waals surface area contributed by atoms with Gasteiger partial charge in [0.25, 0.3) is 0 Å². The molecule has 0 aliphatic carbocycles. The summed E-state index contributed by atoms with van der Waals surface area (Å²) >= 11 is 0. The Hall–Kier alpha value is -6.31. The fraction of sp³-hybridized carbons (Fsp3) is 0.0833. The number of H-pyrrole nitrogens is 2. The summed E-state index contributed by atoms with van der Waals surface area (Å²) in [5.41, 5.74) is 14.8. The molecule has 2 N–H and O–H groups in total. The van der Waals surface area contributed by atoms with Gasteiger partial charge in [-0.05, 0) is 119 Å². The maximum Gasteiger partial charge on any atom is 2.00 e. The predicted octanol–water partition coefficient (Wildman–Crippen LogP) is 11.4. The molecule has 7 aromatic rings. The minimum Gasteiger partial charge on any atom is -0.497 e. The van der Waals surface area contributed by atoms with E-state index in [0.29, 0.717) is 0 Å². The molecular weight excluding hydrogens is 814 g/mol. The van der Waals surface area contributed by atoms with E-state index in [1.165, 1.54) is 0 Å². The van der Waals surface area contributed by atoms with Crippen molar-refractivity contribution >= 4 is 46.4 Å². The maximum atomic E-state index is 5.53. The van der Waals surface area contributed by atoms with Gasteiger partial charge in [-0.1, -0.05) is 48.5 Å². The fourth-order valence-electron chi connectivity index (χ4n) is 7.45. The quantitative estimate of drug-likeness (QED) is 0.158. The molecule has 2 aliphatic rings. The maximum absolute atomic E-state index is 5.53. The monoisotopic (exact) mass is 852 g/mol. The third kappa shape index (κ3) is 7.46. The zero-order valence-corrected chi connectivity index (χ0v) is 34.1. The number of benzene rings is 4. The summed E-state index contributed by atoms with van der Waals surface area (Å²) < 4.78 is 22.1. The Kier molecular flexibility index (Phi) is 11.7. The number of ether oxygens (including phenoxy) is 4. The van der Waals surface area contributed by atoms with E-state index in [4.69, 9.17) is 28.9 Å². The van der Waals surface area contributed by atoms with Gasteiger partial charge >= 0.3 is 33.6 Å². The van der Waals surface area contributed by atoms with Gasteiger partial charge in [0.2, 0.25) is 0 Å². The minimum absolute atomic E-state index is 0. The van der Waals surface area contributed by atoms with Crippen molar-refractivity contribution in [1.82, 2.24) is 19.9 Å². The fourth-order valence-corrected chi connectivity index (χ4v) is 7.45. The van der Waals surface area contributed by atoms with Crippen LogP contribution in [0.15, 0.2) is 121 Å². The largest absolute Gasteiger partial charge is 2.00 e. The summed E-state index contributed by atoms with van der Waals surface area (Å²) in [4.78, 5) is 18.4. The van der Waals surface area contributed by atoms with Gasteiger partial charge in [0, 0.05) is 44.3 Å². The topological polar surface area (TPSA) is 94.3 Å². The Morgan fingerprint density at radius 1 is 0.310 bits per heavy atom. The molecule has 58 heavy (non-hydrogen) atoms. The first-order chi connectivity index (χ1) is 27.5. The molecule has 288 valence electrons. The summed E-state index contributed by atoms with van der Waals surface area (Å²) in [6.07, 6.45) is 8.37. The Morgan fingerprint density at radius 2 is 0.517 bits per heavy atom. The van der Waals surface area contributed by atoms with Crippen molar-refractivity contribution in [2.24, 2.45) is 0 Å². The molecule has 3 aromatic heterocycles. The molecule has 0 saturated carbocycles. The second-order valence-corrected chi connectivity index (χ2v) is 13.4. The van der Waals surface area contributed by atoms with Crippen molar-refractivity contribution in [3.63, 3.8) is 0 Å². The van der Waals surface area contributed by atoms with Gasteiger partial charge in [0.15, 0.2) is 0 Å². The number of aromatic amines is 2. The van der Waals surface area contributed by atoms with Crippen LogP contribution in [0.2, 0.25) is 0 Å². The first kappa shape index (κ1) is 39.9. The van der Waals surface area contributed by atoms with E-state index >= 15 is 0 Å². The molecule has 4 aromatic carbocycles. The normalized spacial score (nSPS) is 11.4. The number of hydrogen-bond donors (Lipinski definition) is 2. The number of rotatable bonds is 8. The molecular formula is C48H38Co2N4O4+4. The Morgan fingerprint density at radius 3 is 0.707 bits per heavy atom. The van der Waals surface area contributed by atoms with E-state index in [1.807, 2.05) is 48.5 Å². The standard InChI is InChI=1S/C48H38N4O4.2Co/c1-53-33-13-5-29(6-14-33)45-37-21-23-39(49-37)46(30-7-15-34(54-2)16-8-30)41-25-27-43(51-41)48(32-11-19-36(56-4)20-12-32)44-28-26-42(52-44)47(40-24-22-38(45)50-40)31-9-17-35(55-3)18-10-31;;/h5-28,49,52H,1-4H3;;/q;2*+2. The van der Waals surface area contributed by atoms with Gasteiger partial charge in [0.05, 0.1) is 51.2 Å². The summed E-state index contributed by atoms with van der Waals surface area (Å²) in [6, 6.07) is 40.9. The van der Waals surface area contributed by atoms with Crippen LogP contribution in [0.1, 0.15) is 22.8 Å². The zero-order chi connectivity index (χ0) is 38.2. The van der Waals surface area contributed by atoms with E-state index in [0.717, 1.165) is 112 Å². The molecule has 5 heterocycles.